The van der Waals surface area contributed by atoms with Crippen molar-refractivity contribution in [3.63, 3.8) is 0 Å². The summed E-state index contributed by atoms with van der Waals surface area (Å²) in [6.07, 6.45) is 3.78. The van der Waals surface area contributed by atoms with Gasteiger partial charge in [-0.05, 0) is 40.0 Å². The first-order chi connectivity index (χ1) is 8.56. The number of anilines is 2. The molecule has 0 unspecified atom stereocenters. The van der Waals surface area contributed by atoms with Gasteiger partial charge < -0.3 is 9.88 Å². The van der Waals surface area contributed by atoms with E-state index in [-0.39, 0.29) is 0 Å². The molecular formula is C13H15BrClN3. The summed E-state index contributed by atoms with van der Waals surface area (Å²) < 4.78 is 3.03. The molecule has 5 heteroatoms. The van der Waals surface area contributed by atoms with E-state index < -0.39 is 0 Å². The van der Waals surface area contributed by atoms with Gasteiger partial charge in [0.2, 0.25) is 5.95 Å². The second-order valence-electron chi connectivity index (χ2n) is 4.55. The summed E-state index contributed by atoms with van der Waals surface area (Å²) in [6, 6.07) is 5.64. The molecule has 0 aliphatic carbocycles. The first-order valence-corrected chi connectivity index (χ1v) is 6.96. The molecule has 2 aromatic rings. The summed E-state index contributed by atoms with van der Waals surface area (Å²) in [6.45, 7) is 5.30. The molecule has 1 heterocycles. The highest BCUT2D eigenvalue weighted by Gasteiger charge is 2.07. The van der Waals surface area contributed by atoms with Crippen LogP contribution >= 0.6 is 27.5 Å². The zero-order chi connectivity index (χ0) is 13.1. The van der Waals surface area contributed by atoms with Gasteiger partial charge in [-0.1, -0.05) is 25.4 Å². The predicted octanol–water partition coefficient (Wildman–Crippen LogP) is 4.70. The normalized spacial score (nSPS) is 10.9. The van der Waals surface area contributed by atoms with E-state index in [1.165, 1.54) is 0 Å². The third-order valence-electron chi connectivity index (χ3n) is 2.45. The molecule has 0 radical (unpaired) electrons. The van der Waals surface area contributed by atoms with Gasteiger partial charge in [0.15, 0.2) is 0 Å². The van der Waals surface area contributed by atoms with Crippen LogP contribution in [0.25, 0.3) is 0 Å². The Labute approximate surface area is 120 Å². The zero-order valence-electron chi connectivity index (χ0n) is 10.3. The average molecular weight is 329 g/mol. The summed E-state index contributed by atoms with van der Waals surface area (Å²) >= 11 is 9.40. The summed E-state index contributed by atoms with van der Waals surface area (Å²) in [4.78, 5) is 4.33. The molecule has 1 aromatic heterocycles. The lowest BCUT2D eigenvalue weighted by Crippen LogP contribution is -2.07. The Kier molecular flexibility index (Phi) is 4.30. The van der Waals surface area contributed by atoms with Crippen molar-refractivity contribution in [2.45, 2.75) is 20.4 Å². The van der Waals surface area contributed by atoms with E-state index in [0.29, 0.717) is 10.9 Å². The molecule has 0 saturated carbocycles. The second-order valence-corrected chi connectivity index (χ2v) is 5.84. The number of aromatic nitrogens is 2. The van der Waals surface area contributed by atoms with Crippen molar-refractivity contribution < 1.29 is 0 Å². The molecule has 0 saturated heterocycles. The standard InChI is InChI=1S/C13H15BrClN3/c1-9(2)8-18-6-5-16-13(18)17-12-4-3-10(15)7-11(12)14/h3-7,9H,8H2,1-2H3,(H,16,17). The van der Waals surface area contributed by atoms with Crippen molar-refractivity contribution in [3.8, 4) is 0 Å². The Morgan fingerprint density at radius 1 is 1.44 bits per heavy atom. The van der Waals surface area contributed by atoms with Gasteiger partial charge in [0.05, 0.1) is 5.69 Å². The molecule has 0 spiro atoms. The van der Waals surface area contributed by atoms with Gasteiger partial charge in [0.1, 0.15) is 0 Å². The number of halogens is 2. The molecule has 3 nitrogen and oxygen atoms in total. The van der Waals surface area contributed by atoms with Gasteiger partial charge in [0, 0.05) is 28.4 Å². The van der Waals surface area contributed by atoms with E-state index in [9.17, 15) is 0 Å². The Bertz CT molecular complexity index is 537. The SMILES string of the molecule is CC(C)Cn1ccnc1Nc1ccc(Cl)cc1Br. The third-order valence-corrected chi connectivity index (χ3v) is 3.35. The Morgan fingerprint density at radius 3 is 2.89 bits per heavy atom. The van der Waals surface area contributed by atoms with Gasteiger partial charge >= 0.3 is 0 Å². The maximum atomic E-state index is 5.92. The smallest absolute Gasteiger partial charge is 0.207 e. The molecule has 0 fully saturated rings. The fourth-order valence-corrected chi connectivity index (χ4v) is 2.47. The van der Waals surface area contributed by atoms with Crippen LogP contribution in [0.15, 0.2) is 35.1 Å². The van der Waals surface area contributed by atoms with Gasteiger partial charge in [-0.2, -0.15) is 0 Å². The van der Waals surface area contributed by atoms with Crippen LogP contribution in [0.2, 0.25) is 5.02 Å². The maximum Gasteiger partial charge on any atom is 0.207 e. The number of nitrogens with zero attached hydrogens (tertiary/aromatic N) is 2. The molecular weight excluding hydrogens is 314 g/mol. The number of hydrogen-bond donors (Lipinski definition) is 1. The monoisotopic (exact) mass is 327 g/mol. The van der Waals surface area contributed by atoms with Crippen molar-refractivity contribution in [3.05, 3.63) is 40.1 Å². The first kappa shape index (κ1) is 13.4. The van der Waals surface area contributed by atoms with Crippen molar-refractivity contribution in [2.24, 2.45) is 5.92 Å². The van der Waals surface area contributed by atoms with Crippen LogP contribution in [0.4, 0.5) is 11.6 Å². The number of rotatable bonds is 4. The fourth-order valence-electron chi connectivity index (χ4n) is 1.69. The topological polar surface area (TPSA) is 29.9 Å². The summed E-state index contributed by atoms with van der Waals surface area (Å²) in [5, 5.41) is 4.01. The van der Waals surface area contributed by atoms with E-state index in [1.807, 2.05) is 24.4 Å². The minimum absolute atomic E-state index is 0.577. The van der Waals surface area contributed by atoms with Crippen LogP contribution in [0.1, 0.15) is 13.8 Å². The lowest BCUT2D eigenvalue weighted by molar-refractivity contribution is 0.527. The quantitative estimate of drug-likeness (QED) is 0.881. The summed E-state index contributed by atoms with van der Waals surface area (Å²) in [7, 11) is 0. The zero-order valence-corrected chi connectivity index (χ0v) is 12.7. The van der Waals surface area contributed by atoms with E-state index in [0.717, 1.165) is 22.7 Å². The van der Waals surface area contributed by atoms with Crippen LogP contribution in [-0.2, 0) is 6.54 Å². The van der Waals surface area contributed by atoms with E-state index in [1.54, 1.807) is 6.20 Å². The first-order valence-electron chi connectivity index (χ1n) is 5.79. The van der Waals surface area contributed by atoms with E-state index >= 15 is 0 Å². The largest absolute Gasteiger partial charge is 0.325 e. The van der Waals surface area contributed by atoms with E-state index in [2.05, 4.69) is 44.6 Å². The van der Waals surface area contributed by atoms with Crippen molar-refractivity contribution in [2.75, 3.05) is 5.32 Å². The number of imidazole rings is 1. The highest BCUT2D eigenvalue weighted by molar-refractivity contribution is 9.10. The van der Waals surface area contributed by atoms with Gasteiger partial charge in [-0.25, -0.2) is 4.98 Å². The molecule has 1 N–H and O–H groups in total. The van der Waals surface area contributed by atoms with Crippen molar-refractivity contribution in [1.82, 2.24) is 9.55 Å². The molecule has 96 valence electrons. The highest BCUT2D eigenvalue weighted by Crippen LogP contribution is 2.28. The fraction of sp³-hybridized carbons (Fsp3) is 0.308. The van der Waals surface area contributed by atoms with Crippen molar-refractivity contribution in [1.29, 1.82) is 0 Å². The molecule has 0 amide bonds. The molecule has 1 aromatic carbocycles. The predicted molar refractivity (Wildman–Crippen MR) is 79.5 cm³/mol. The lowest BCUT2D eigenvalue weighted by atomic mass is 10.2. The van der Waals surface area contributed by atoms with Crippen LogP contribution in [0.5, 0.6) is 0 Å². The highest BCUT2D eigenvalue weighted by atomic mass is 79.9. The van der Waals surface area contributed by atoms with E-state index in [4.69, 9.17) is 11.6 Å². The van der Waals surface area contributed by atoms with Gasteiger partial charge in [0.25, 0.3) is 0 Å². The van der Waals surface area contributed by atoms with Crippen molar-refractivity contribution >= 4 is 39.2 Å². The number of benzene rings is 1. The molecule has 0 bridgehead atoms. The minimum Gasteiger partial charge on any atom is -0.325 e. The second kappa shape index (κ2) is 5.76. The Hall–Kier alpha value is -1.000. The number of nitrogens with one attached hydrogen (secondary N) is 1. The minimum atomic E-state index is 0.577. The molecule has 0 aliphatic rings. The van der Waals surface area contributed by atoms with Crippen LogP contribution < -0.4 is 5.32 Å². The Morgan fingerprint density at radius 2 is 2.22 bits per heavy atom. The lowest BCUT2D eigenvalue weighted by Gasteiger charge is -2.12. The molecule has 18 heavy (non-hydrogen) atoms. The Balaban J connectivity index is 2.21. The van der Waals surface area contributed by atoms with Crippen LogP contribution in [0.3, 0.4) is 0 Å². The molecule has 2 rings (SSSR count). The molecule has 0 aliphatic heterocycles. The summed E-state index contributed by atoms with van der Waals surface area (Å²) in [5.41, 5.74) is 0.954. The molecule has 0 atom stereocenters. The summed E-state index contributed by atoms with van der Waals surface area (Å²) in [5.74, 6) is 1.42. The number of hydrogen-bond acceptors (Lipinski definition) is 2. The third kappa shape index (κ3) is 3.27. The van der Waals surface area contributed by atoms with Gasteiger partial charge in [-0.3, -0.25) is 0 Å². The average Bonchev–Trinajstić information content (AvgIpc) is 2.69. The maximum absolute atomic E-state index is 5.92. The van der Waals surface area contributed by atoms with Crippen LogP contribution in [0, 0.1) is 5.92 Å². The van der Waals surface area contributed by atoms with Gasteiger partial charge in [-0.15, -0.1) is 0 Å². The van der Waals surface area contributed by atoms with Crippen LogP contribution in [-0.4, -0.2) is 9.55 Å².